The summed E-state index contributed by atoms with van der Waals surface area (Å²) in [4.78, 5) is 4.04. The van der Waals surface area contributed by atoms with Gasteiger partial charge in [-0.25, -0.2) is 0 Å². The number of hydrogen-bond donors (Lipinski definition) is 1. The van der Waals surface area contributed by atoms with Gasteiger partial charge in [0.05, 0.1) is 5.54 Å². The molecule has 0 aromatic heterocycles. The van der Waals surface area contributed by atoms with Crippen LogP contribution in [0.15, 0.2) is 289 Å². The van der Waals surface area contributed by atoms with Crippen LogP contribution in [0.5, 0.6) is 0 Å². The summed E-state index contributed by atoms with van der Waals surface area (Å²) < 4.78 is 0. The molecular weight excluding hydrogens is 857 g/mol. The summed E-state index contributed by atoms with van der Waals surface area (Å²) in [6.07, 6.45) is 16.6. The fourth-order valence-electron chi connectivity index (χ4n) is 8.47. The molecule has 2 heteroatoms. The van der Waals surface area contributed by atoms with Gasteiger partial charge in [-0.3, -0.25) is 4.99 Å². The first-order valence-corrected chi connectivity index (χ1v) is 24.6. The third-order valence-corrected chi connectivity index (χ3v) is 12.7. The Labute approximate surface area is 424 Å². The van der Waals surface area contributed by atoms with Crippen LogP contribution in [0.4, 0.5) is 0 Å². The molecule has 0 saturated heterocycles. The molecule has 0 aliphatic heterocycles. The number of allylic oxidation sites excluding steroid dienone is 8. The molecule has 1 unspecified atom stereocenters. The summed E-state index contributed by atoms with van der Waals surface area (Å²) in [6.45, 7) is 17.7. The highest BCUT2D eigenvalue weighted by Gasteiger charge is 2.18. The smallest absolute Gasteiger partial charge is 0.0793 e. The predicted molar refractivity (Wildman–Crippen MR) is 308 cm³/mol. The van der Waals surface area contributed by atoms with Gasteiger partial charge in [0.25, 0.3) is 0 Å². The van der Waals surface area contributed by atoms with Gasteiger partial charge in [-0.05, 0) is 143 Å². The Kier molecular flexibility index (Phi) is 18.6. The lowest BCUT2D eigenvalue weighted by Gasteiger charge is -2.19. The Morgan fingerprint density at radius 3 is 1.68 bits per heavy atom. The van der Waals surface area contributed by atoms with Crippen molar-refractivity contribution in [3.05, 3.63) is 312 Å². The average Bonchev–Trinajstić information content (AvgIpc) is 3.44. The van der Waals surface area contributed by atoms with Gasteiger partial charge in [0, 0.05) is 12.6 Å². The molecule has 1 atom stereocenters. The lowest BCUT2D eigenvalue weighted by atomic mass is 9.86. The van der Waals surface area contributed by atoms with E-state index in [0.29, 0.717) is 0 Å². The van der Waals surface area contributed by atoms with Crippen LogP contribution >= 0.6 is 0 Å². The second-order valence-corrected chi connectivity index (χ2v) is 18.0. The van der Waals surface area contributed by atoms with Gasteiger partial charge in [-0.15, -0.1) is 0 Å². The minimum atomic E-state index is -0.152. The zero-order valence-corrected chi connectivity index (χ0v) is 41.8. The lowest BCUT2D eigenvalue weighted by Crippen LogP contribution is -2.27. The summed E-state index contributed by atoms with van der Waals surface area (Å²) in [6, 6.07) is 78.9. The minimum absolute atomic E-state index is 0.0901. The van der Waals surface area contributed by atoms with E-state index in [4.69, 9.17) is 6.58 Å². The van der Waals surface area contributed by atoms with Gasteiger partial charge in [0.2, 0.25) is 0 Å². The monoisotopic (exact) mass is 923 g/mol. The van der Waals surface area contributed by atoms with Gasteiger partial charge >= 0.3 is 0 Å². The van der Waals surface area contributed by atoms with E-state index < -0.39 is 0 Å². The summed E-state index contributed by atoms with van der Waals surface area (Å²) in [7, 11) is 0. The molecule has 0 radical (unpaired) electrons. The van der Waals surface area contributed by atoms with Crippen molar-refractivity contribution < 1.29 is 0 Å². The number of nitrogens with one attached hydrogen (secondary N) is 1. The summed E-state index contributed by atoms with van der Waals surface area (Å²) in [5, 5.41) is 3.78. The summed E-state index contributed by atoms with van der Waals surface area (Å²) >= 11 is 0. The number of aliphatic imine (C=N–C) groups is 1. The van der Waals surface area contributed by atoms with E-state index in [0.717, 1.165) is 40.8 Å². The summed E-state index contributed by atoms with van der Waals surface area (Å²) in [5.74, 6) is 0. The zero-order valence-electron chi connectivity index (χ0n) is 41.8. The molecule has 0 bridgehead atoms. The van der Waals surface area contributed by atoms with Crippen molar-refractivity contribution in [2.24, 2.45) is 4.99 Å². The standard InChI is InChI=1S/C59H53N.C10H13N/c1-4-49(46(3)60-44-48-28-13-6-14-29-48)41-54(45(2)57(51-32-17-8-18-33-51)38-24-23-27-47-25-11-5-12-26-47)39-40-55-42-56(50-30-15-7-16-31-50)43-58(52-34-19-9-20-35-52)59(55)53-36-21-10-22-37-53;1-10(2,11-3)9-7-5-4-6-8-9/h4-26,28-43,46,60H,2,27,44H2,1,3H3;4-8H,3H2,1-2H3/b24-23-,40-39+,49-4+,54-41+,57-38+;. The van der Waals surface area contributed by atoms with Crippen molar-refractivity contribution in [1.29, 1.82) is 0 Å². The second kappa shape index (κ2) is 26.0. The largest absolute Gasteiger partial charge is 0.306 e. The Bertz CT molecular complexity index is 3070. The lowest BCUT2D eigenvalue weighted by molar-refractivity contribution is 0.563. The van der Waals surface area contributed by atoms with Gasteiger partial charge < -0.3 is 5.32 Å². The van der Waals surface area contributed by atoms with Gasteiger partial charge in [0.1, 0.15) is 0 Å². The van der Waals surface area contributed by atoms with E-state index in [2.05, 4.69) is 294 Å². The molecule has 352 valence electrons. The molecule has 8 aromatic carbocycles. The van der Waals surface area contributed by atoms with Gasteiger partial charge in [-0.2, -0.15) is 0 Å². The van der Waals surface area contributed by atoms with E-state index in [1.54, 1.807) is 0 Å². The fourth-order valence-corrected chi connectivity index (χ4v) is 8.47. The molecular formula is C69H66N2. The highest BCUT2D eigenvalue weighted by Crippen LogP contribution is 2.40. The van der Waals surface area contributed by atoms with Crippen molar-refractivity contribution in [2.45, 2.75) is 52.2 Å². The maximum Gasteiger partial charge on any atom is 0.0793 e. The Morgan fingerprint density at radius 1 is 0.606 bits per heavy atom. The van der Waals surface area contributed by atoms with Crippen molar-refractivity contribution in [1.82, 2.24) is 5.32 Å². The van der Waals surface area contributed by atoms with E-state index in [1.165, 1.54) is 55.6 Å². The number of benzene rings is 8. The first kappa shape index (κ1) is 50.7. The van der Waals surface area contributed by atoms with Crippen LogP contribution in [0.25, 0.3) is 45.0 Å². The normalized spacial score (nSPS) is 12.6. The Morgan fingerprint density at radius 2 is 1.11 bits per heavy atom. The van der Waals surface area contributed by atoms with Crippen LogP contribution in [0.2, 0.25) is 0 Å². The zero-order chi connectivity index (χ0) is 49.7. The summed E-state index contributed by atoms with van der Waals surface area (Å²) in [5.41, 5.74) is 17.1. The third-order valence-electron chi connectivity index (χ3n) is 12.7. The van der Waals surface area contributed by atoms with Crippen LogP contribution in [0, 0.1) is 0 Å². The highest BCUT2D eigenvalue weighted by molar-refractivity contribution is 5.94. The second-order valence-electron chi connectivity index (χ2n) is 18.0. The topological polar surface area (TPSA) is 24.4 Å². The Hall–Kier alpha value is -8.17. The maximum atomic E-state index is 4.86. The van der Waals surface area contributed by atoms with Gasteiger partial charge in [-0.1, -0.05) is 255 Å². The van der Waals surface area contributed by atoms with Crippen LogP contribution in [-0.2, 0) is 18.5 Å². The first-order chi connectivity index (χ1) is 34.7. The van der Waals surface area contributed by atoms with Crippen molar-refractivity contribution in [2.75, 3.05) is 0 Å². The van der Waals surface area contributed by atoms with E-state index in [-0.39, 0.29) is 11.6 Å². The van der Waals surface area contributed by atoms with Crippen LogP contribution in [-0.4, -0.2) is 12.8 Å². The quantitative estimate of drug-likeness (QED) is 0.0673. The molecule has 1 N–H and O–H groups in total. The minimum Gasteiger partial charge on any atom is -0.306 e. The molecule has 8 rings (SSSR count). The SMILES string of the molecule is C=C(/C(=C\C=C/Cc1ccccc1)c1ccccc1)C(/C=C/c1cc(-c2ccccc2)cc(-c2ccccc2)c1-c1ccccc1)=C/C(=C\C)C(C)NCc1ccccc1.C=NC(C)(C)c1ccccc1. The molecule has 0 fully saturated rings. The van der Waals surface area contributed by atoms with E-state index in [1.807, 2.05) is 18.2 Å². The third kappa shape index (κ3) is 14.4. The van der Waals surface area contributed by atoms with Gasteiger partial charge in [0.15, 0.2) is 0 Å². The van der Waals surface area contributed by atoms with Crippen LogP contribution < -0.4 is 5.32 Å². The number of hydrogen-bond acceptors (Lipinski definition) is 2. The van der Waals surface area contributed by atoms with Crippen LogP contribution in [0.1, 0.15) is 55.5 Å². The molecule has 0 aliphatic rings. The fraction of sp³-hybridized carbons (Fsp3) is 0.116. The van der Waals surface area contributed by atoms with Crippen LogP contribution in [0.3, 0.4) is 0 Å². The molecule has 0 aliphatic carbocycles. The molecule has 71 heavy (non-hydrogen) atoms. The molecule has 8 aromatic rings. The molecule has 0 spiro atoms. The first-order valence-electron chi connectivity index (χ1n) is 24.6. The van der Waals surface area contributed by atoms with E-state index >= 15 is 0 Å². The van der Waals surface area contributed by atoms with Crippen molar-refractivity contribution in [3.8, 4) is 33.4 Å². The molecule has 0 heterocycles. The Balaban J connectivity index is 0.000000595. The number of nitrogens with zero attached hydrogens (tertiary/aromatic N) is 1. The highest BCUT2D eigenvalue weighted by atomic mass is 14.9. The molecule has 2 nitrogen and oxygen atoms in total. The van der Waals surface area contributed by atoms with Crippen molar-refractivity contribution in [3.63, 3.8) is 0 Å². The van der Waals surface area contributed by atoms with Crippen molar-refractivity contribution >= 4 is 18.4 Å². The van der Waals surface area contributed by atoms with E-state index in [9.17, 15) is 0 Å². The number of rotatable bonds is 18. The average molecular weight is 923 g/mol. The molecule has 0 saturated carbocycles. The maximum absolute atomic E-state index is 4.86. The predicted octanol–water partition coefficient (Wildman–Crippen LogP) is 17.8. The molecule has 0 amide bonds.